The Bertz CT molecular complexity index is 638. The summed E-state index contributed by atoms with van der Waals surface area (Å²) in [6, 6.07) is 21.1. The van der Waals surface area contributed by atoms with Crippen molar-refractivity contribution >= 4 is 13.6 Å². The van der Waals surface area contributed by atoms with Crippen LogP contribution in [0, 0.1) is 0 Å². The van der Waals surface area contributed by atoms with E-state index >= 15 is 0 Å². The Morgan fingerprint density at radius 2 is 1.55 bits per heavy atom. The molecule has 0 spiro atoms. The molecule has 0 saturated carbocycles. The summed E-state index contributed by atoms with van der Waals surface area (Å²) in [7, 11) is -1.38. The molecule has 20 heavy (non-hydrogen) atoms. The van der Waals surface area contributed by atoms with Gasteiger partial charge in [-0.2, -0.15) is 0 Å². The number of hydrogen-bond donors (Lipinski definition) is 0. The molecule has 1 aliphatic carbocycles. The Labute approximate surface area is 123 Å². The Morgan fingerprint density at radius 3 is 2.30 bits per heavy atom. The molecular formula is C19H22Si. The molecule has 0 amide bonds. The first kappa shape index (κ1) is 13.4. The predicted molar refractivity (Wildman–Crippen MR) is 90.5 cm³/mol. The molecule has 2 aromatic carbocycles. The lowest BCUT2D eigenvalue weighted by Gasteiger charge is -2.29. The molecule has 1 unspecified atom stereocenters. The van der Waals surface area contributed by atoms with E-state index < -0.39 is 8.07 Å². The summed E-state index contributed by atoms with van der Waals surface area (Å²) in [5.41, 5.74) is 6.61. The molecule has 0 aromatic heterocycles. The third-order valence-corrected chi connectivity index (χ3v) is 7.96. The molecule has 0 heterocycles. The fourth-order valence-electron chi connectivity index (χ4n) is 3.44. The van der Waals surface area contributed by atoms with Gasteiger partial charge >= 0.3 is 0 Å². The van der Waals surface area contributed by atoms with E-state index in [-0.39, 0.29) is 0 Å². The van der Waals surface area contributed by atoms with E-state index in [9.17, 15) is 0 Å². The van der Waals surface area contributed by atoms with Crippen molar-refractivity contribution in [3.63, 3.8) is 0 Å². The summed E-state index contributed by atoms with van der Waals surface area (Å²) in [6.07, 6.45) is 2.51. The molecule has 0 fully saturated rings. The normalized spacial score (nSPS) is 17.8. The molecular weight excluding hydrogens is 256 g/mol. The van der Waals surface area contributed by atoms with Crippen molar-refractivity contribution in [3.8, 4) is 0 Å². The summed E-state index contributed by atoms with van der Waals surface area (Å²) in [6.45, 7) is 7.30. The highest BCUT2D eigenvalue weighted by Gasteiger charge is 2.35. The summed E-state index contributed by atoms with van der Waals surface area (Å²) in [5.74, 6) is 0. The first-order chi connectivity index (χ1) is 9.58. The zero-order valence-corrected chi connectivity index (χ0v) is 13.6. The van der Waals surface area contributed by atoms with Gasteiger partial charge in [-0.05, 0) is 35.2 Å². The van der Waals surface area contributed by atoms with Crippen LogP contribution in [0.25, 0.3) is 5.57 Å². The summed E-state index contributed by atoms with van der Waals surface area (Å²) >= 11 is 0. The Balaban J connectivity index is 1.93. The van der Waals surface area contributed by atoms with Crippen molar-refractivity contribution in [2.24, 2.45) is 0 Å². The van der Waals surface area contributed by atoms with E-state index in [0.29, 0.717) is 5.54 Å². The van der Waals surface area contributed by atoms with Crippen molar-refractivity contribution in [2.45, 2.75) is 31.6 Å². The summed E-state index contributed by atoms with van der Waals surface area (Å²) < 4.78 is 0. The maximum absolute atomic E-state index is 2.52. The van der Waals surface area contributed by atoms with Crippen LogP contribution in [-0.2, 0) is 6.04 Å². The molecule has 0 N–H and O–H groups in total. The highest BCUT2D eigenvalue weighted by Crippen LogP contribution is 2.41. The van der Waals surface area contributed by atoms with Crippen LogP contribution in [0.3, 0.4) is 0 Å². The molecule has 0 bridgehead atoms. The fraction of sp³-hybridized carbons (Fsp3) is 0.263. The van der Waals surface area contributed by atoms with Crippen LogP contribution in [0.4, 0.5) is 0 Å². The smallest absolute Gasteiger partial charge is 0.0639 e. The predicted octanol–water partition coefficient (Wildman–Crippen LogP) is 5.22. The SMILES string of the molecule is CC1=CC([Si](C)(C)Cc2ccccc2)c2ccccc21. The summed E-state index contributed by atoms with van der Waals surface area (Å²) in [5, 5.41) is 0. The molecule has 0 saturated heterocycles. The lowest BCUT2D eigenvalue weighted by molar-refractivity contribution is 1.11. The minimum absolute atomic E-state index is 0.652. The number of benzene rings is 2. The molecule has 0 aliphatic heterocycles. The van der Waals surface area contributed by atoms with E-state index in [1.807, 2.05) is 0 Å². The van der Waals surface area contributed by atoms with Gasteiger partial charge in [0.05, 0.1) is 8.07 Å². The van der Waals surface area contributed by atoms with E-state index in [1.54, 1.807) is 5.56 Å². The third-order valence-electron chi connectivity index (χ3n) is 4.48. The van der Waals surface area contributed by atoms with Gasteiger partial charge in [-0.15, -0.1) is 0 Å². The maximum Gasteiger partial charge on any atom is 0.0639 e. The first-order valence-electron chi connectivity index (χ1n) is 7.39. The Kier molecular flexibility index (Phi) is 3.39. The van der Waals surface area contributed by atoms with Crippen LogP contribution < -0.4 is 0 Å². The Morgan fingerprint density at radius 1 is 0.900 bits per heavy atom. The van der Waals surface area contributed by atoms with Gasteiger partial charge in [-0.25, -0.2) is 0 Å². The zero-order valence-electron chi connectivity index (χ0n) is 12.6. The van der Waals surface area contributed by atoms with E-state index in [4.69, 9.17) is 0 Å². The maximum atomic E-state index is 2.52. The van der Waals surface area contributed by atoms with Crippen LogP contribution >= 0.6 is 0 Å². The largest absolute Gasteiger partial charge is 0.0762 e. The van der Waals surface area contributed by atoms with Crippen molar-refractivity contribution in [1.29, 1.82) is 0 Å². The van der Waals surface area contributed by atoms with Gasteiger partial charge in [-0.3, -0.25) is 0 Å². The summed E-state index contributed by atoms with van der Waals surface area (Å²) in [4.78, 5) is 0. The molecule has 1 atom stereocenters. The van der Waals surface area contributed by atoms with Gasteiger partial charge in [0, 0.05) is 0 Å². The first-order valence-corrected chi connectivity index (χ1v) is 10.7. The molecule has 0 nitrogen and oxygen atoms in total. The minimum Gasteiger partial charge on any atom is -0.0762 e. The molecule has 102 valence electrons. The van der Waals surface area contributed by atoms with Crippen molar-refractivity contribution < 1.29 is 0 Å². The molecule has 1 aliphatic rings. The molecule has 0 radical (unpaired) electrons. The van der Waals surface area contributed by atoms with Crippen LogP contribution in [0.1, 0.15) is 29.2 Å². The average molecular weight is 278 g/mol. The second-order valence-corrected chi connectivity index (χ2v) is 11.5. The van der Waals surface area contributed by atoms with Gasteiger partial charge in [0.15, 0.2) is 0 Å². The van der Waals surface area contributed by atoms with Gasteiger partial charge < -0.3 is 0 Å². The van der Waals surface area contributed by atoms with Crippen LogP contribution in [0.5, 0.6) is 0 Å². The van der Waals surface area contributed by atoms with Crippen LogP contribution in [0.2, 0.25) is 13.1 Å². The topological polar surface area (TPSA) is 0 Å². The van der Waals surface area contributed by atoms with E-state index in [1.165, 1.54) is 22.7 Å². The van der Waals surface area contributed by atoms with Gasteiger partial charge in [-0.1, -0.05) is 79.3 Å². The third kappa shape index (κ3) is 2.38. The highest BCUT2D eigenvalue weighted by atomic mass is 28.3. The lowest BCUT2D eigenvalue weighted by atomic mass is 10.1. The lowest BCUT2D eigenvalue weighted by Crippen LogP contribution is -2.36. The minimum atomic E-state index is -1.38. The van der Waals surface area contributed by atoms with Crippen molar-refractivity contribution in [3.05, 3.63) is 77.4 Å². The number of allylic oxidation sites excluding steroid dienone is 2. The number of fused-ring (bicyclic) bond motifs is 1. The highest BCUT2D eigenvalue weighted by molar-refractivity contribution is 6.79. The number of hydrogen-bond acceptors (Lipinski definition) is 0. The Hall–Kier alpha value is -1.60. The second-order valence-electron chi connectivity index (χ2n) is 6.57. The standard InChI is InChI=1S/C19H22Si/c1-15-13-19(18-12-8-7-11-17(15)18)20(2,3)14-16-9-5-4-6-10-16/h4-13,19H,14H2,1-3H3. The van der Waals surface area contributed by atoms with E-state index in [2.05, 4.69) is 80.7 Å². The molecule has 2 aromatic rings. The van der Waals surface area contributed by atoms with Gasteiger partial charge in [0.25, 0.3) is 0 Å². The quantitative estimate of drug-likeness (QED) is 0.676. The van der Waals surface area contributed by atoms with Gasteiger partial charge in [0.2, 0.25) is 0 Å². The zero-order chi connectivity index (χ0) is 14.2. The van der Waals surface area contributed by atoms with E-state index in [0.717, 1.165) is 0 Å². The van der Waals surface area contributed by atoms with Crippen LogP contribution in [-0.4, -0.2) is 8.07 Å². The van der Waals surface area contributed by atoms with Crippen molar-refractivity contribution in [1.82, 2.24) is 0 Å². The molecule has 3 rings (SSSR count). The number of rotatable bonds is 3. The van der Waals surface area contributed by atoms with Gasteiger partial charge in [0.1, 0.15) is 0 Å². The van der Waals surface area contributed by atoms with Crippen molar-refractivity contribution in [2.75, 3.05) is 0 Å². The van der Waals surface area contributed by atoms with Crippen LogP contribution in [0.15, 0.2) is 60.7 Å². The fourth-order valence-corrected chi connectivity index (χ4v) is 6.74. The average Bonchev–Trinajstić information content (AvgIpc) is 2.78. The monoisotopic (exact) mass is 278 g/mol. The molecule has 1 heteroatoms. The second kappa shape index (κ2) is 5.06.